The first-order valence-electron chi connectivity index (χ1n) is 5.20. The van der Waals surface area contributed by atoms with Crippen LogP contribution in [-0.4, -0.2) is 9.91 Å². The summed E-state index contributed by atoms with van der Waals surface area (Å²) in [5.41, 5.74) is 6.87. The summed E-state index contributed by atoms with van der Waals surface area (Å²) in [4.78, 5) is 14.2. The van der Waals surface area contributed by atoms with Crippen LogP contribution in [0.4, 0.5) is 11.4 Å². The van der Waals surface area contributed by atoms with Crippen molar-refractivity contribution in [1.82, 2.24) is 4.98 Å². The summed E-state index contributed by atoms with van der Waals surface area (Å²) in [5.74, 6) is 0.695. The maximum atomic E-state index is 10.7. The van der Waals surface area contributed by atoms with Crippen molar-refractivity contribution < 1.29 is 9.66 Å². The van der Waals surface area contributed by atoms with Crippen LogP contribution in [0.15, 0.2) is 36.5 Å². The van der Waals surface area contributed by atoms with Crippen molar-refractivity contribution in [2.24, 2.45) is 0 Å². The fraction of sp³-hybridized carbons (Fsp3) is 0.0833. The third-order valence-corrected chi connectivity index (χ3v) is 2.36. The molecule has 1 heterocycles. The van der Waals surface area contributed by atoms with Crippen molar-refractivity contribution in [3.63, 3.8) is 0 Å². The van der Waals surface area contributed by atoms with Crippen molar-refractivity contribution in [1.29, 1.82) is 0 Å². The molecule has 6 heteroatoms. The van der Waals surface area contributed by atoms with Gasteiger partial charge >= 0.3 is 0 Å². The number of aryl methyl sites for hydroxylation is 1. The highest BCUT2D eigenvalue weighted by atomic mass is 16.6. The highest BCUT2D eigenvalue weighted by Crippen LogP contribution is 2.28. The minimum atomic E-state index is -0.473. The van der Waals surface area contributed by atoms with E-state index >= 15 is 0 Å². The van der Waals surface area contributed by atoms with Crippen molar-refractivity contribution in [3.05, 3.63) is 52.2 Å². The molecule has 6 nitrogen and oxygen atoms in total. The normalized spacial score (nSPS) is 10.1. The average molecular weight is 245 g/mol. The van der Waals surface area contributed by atoms with Crippen LogP contribution in [0.2, 0.25) is 0 Å². The Morgan fingerprint density at radius 2 is 2.11 bits per heavy atom. The molecular formula is C12H11N3O3. The summed E-state index contributed by atoms with van der Waals surface area (Å²) in [7, 11) is 0. The lowest BCUT2D eigenvalue weighted by Crippen LogP contribution is -1.94. The quantitative estimate of drug-likeness (QED) is 0.663. The van der Waals surface area contributed by atoms with Crippen molar-refractivity contribution >= 4 is 11.4 Å². The van der Waals surface area contributed by atoms with Crippen molar-refractivity contribution in [3.8, 4) is 11.6 Å². The second-order valence-corrected chi connectivity index (χ2v) is 3.74. The van der Waals surface area contributed by atoms with E-state index in [0.29, 0.717) is 17.3 Å². The Labute approximate surface area is 103 Å². The molecule has 0 unspecified atom stereocenters. The van der Waals surface area contributed by atoms with Gasteiger partial charge in [-0.2, -0.15) is 0 Å². The van der Waals surface area contributed by atoms with E-state index in [2.05, 4.69) is 4.98 Å². The summed E-state index contributed by atoms with van der Waals surface area (Å²) in [5, 5.41) is 10.7. The summed E-state index contributed by atoms with van der Waals surface area (Å²) in [6, 6.07) is 7.60. The van der Waals surface area contributed by atoms with E-state index in [1.54, 1.807) is 25.1 Å². The van der Waals surface area contributed by atoms with Crippen LogP contribution in [0.5, 0.6) is 11.6 Å². The van der Waals surface area contributed by atoms with Crippen LogP contribution in [0, 0.1) is 17.0 Å². The number of nitro groups is 1. The SMILES string of the molecule is Cc1ccc([N+](=O)[O-])cc1Oc1cc(N)ccn1. The van der Waals surface area contributed by atoms with Gasteiger partial charge in [-0.1, -0.05) is 0 Å². The standard InChI is InChI=1S/C12H11N3O3/c1-8-2-3-10(15(16)17)7-11(8)18-12-6-9(13)4-5-14-12/h2-7H,1H3,(H2,13,14). The summed E-state index contributed by atoms with van der Waals surface area (Å²) < 4.78 is 5.49. The molecule has 1 aromatic carbocycles. The molecule has 0 amide bonds. The van der Waals surface area contributed by atoms with E-state index in [1.807, 2.05) is 0 Å². The van der Waals surface area contributed by atoms with Crippen LogP contribution in [0.25, 0.3) is 0 Å². The number of benzene rings is 1. The molecule has 0 saturated heterocycles. The molecule has 2 aromatic rings. The van der Waals surface area contributed by atoms with Crippen LogP contribution in [-0.2, 0) is 0 Å². The van der Waals surface area contributed by atoms with Crippen LogP contribution >= 0.6 is 0 Å². The zero-order valence-corrected chi connectivity index (χ0v) is 9.66. The second-order valence-electron chi connectivity index (χ2n) is 3.74. The molecular weight excluding hydrogens is 234 g/mol. The number of nitro benzene ring substituents is 1. The van der Waals surface area contributed by atoms with E-state index in [-0.39, 0.29) is 5.69 Å². The fourth-order valence-corrected chi connectivity index (χ4v) is 1.41. The van der Waals surface area contributed by atoms with Gasteiger partial charge in [0.1, 0.15) is 5.75 Å². The number of nitrogen functional groups attached to an aromatic ring is 1. The van der Waals surface area contributed by atoms with Crippen LogP contribution < -0.4 is 10.5 Å². The van der Waals surface area contributed by atoms with Gasteiger partial charge in [0, 0.05) is 24.0 Å². The molecule has 18 heavy (non-hydrogen) atoms. The van der Waals surface area contributed by atoms with Gasteiger partial charge in [-0.25, -0.2) is 4.98 Å². The number of anilines is 1. The number of ether oxygens (including phenoxy) is 1. The minimum absolute atomic E-state index is 0.0282. The van der Waals surface area contributed by atoms with Crippen molar-refractivity contribution in [2.75, 3.05) is 5.73 Å². The number of aromatic nitrogens is 1. The number of nitrogens with two attached hydrogens (primary N) is 1. The monoisotopic (exact) mass is 245 g/mol. The molecule has 0 aliphatic rings. The highest BCUT2D eigenvalue weighted by Gasteiger charge is 2.10. The molecule has 92 valence electrons. The topological polar surface area (TPSA) is 91.3 Å². The Kier molecular flexibility index (Phi) is 3.09. The Bertz CT molecular complexity index is 599. The first-order valence-corrected chi connectivity index (χ1v) is 5.20. The molecule has 0 aliphatic carbocycles. The number of hydrogen-bond donors (Lipinski definition) is 1. The average Bonchev–Trinajstić information content (AvgIpc) is 2.31. The van der Waals surface area contributed by atoms with E-state index in [0.717, 1.165) is 5.56 Å². The smallest absolute Gasteiger partial charge is 0.273 e. The predicted octanol–water partition coefficient (Wildman–Crippen LogP) is 2.67. The lowest BCUT2D eigenvalue weighted by atomic mass is 10.2. The zero-order chi connectivity index (χ0) is 13.1. The molecule has 0 radical (unpaired) electrons. The number of rotatable bonds is 3. The van der Waals surface area contributed by atoms with Gasteiger partial charge in [-0.05, 0) is 24.6 Å². The lowest BCUT2D eigenvalue weighted by molar-refractivity contribution is -0.384. The molecule has 0 spiro atoms. The van der Waals surface area contributed by atoms with E-state index < -0.39 is 4.92 Å². The van der Waals surface area contributed by atoms with Gasteiger partial charge in [0.05, 0.1) is 11.0 Å². The largest absolute Gasteiger partial charge is 0.438 e. The van der Waals surface area contributed by atoms with Crippen LogP contribution in [0.3, 0.4) is 0 Å². The number of non-ortho nitro benzene ring substituents is 1. The Balaban J connectivity index is 2.33. The number of nitrogens with zero attached hydrogens (tertiary/aromatic N) is 2. The van der Waals surface area contributed by atoms with Gasteiger partial charge in [0.25, 0.3) is 5.69 Å². The predicted molar refractivity (Wildman–Crippen MR) is 66.6 cm³/mol. The Hall–Kier alpha value is -2.63. The maximum Gasteiger partial charge on any atom is 0.273 e. The zero-order valence-electron chi connectivity index (χ0n) is 9.66. The molecule has 0 aliphatic heterocycles. The second kappa shape index (κ2) is 4.70. The van der Waals surface area contributed by atoms with Gasteiger partial charge in [0.15, 0.2) is 0 Å². The van der Waals surface area contributed by atoms with E-state index in [9.17, 15) is 10.1 Å². The molecule has 0 fully saturated rings. The molecule has 0 bridgehead atoms. The van der Waals surface area contributed by atoms with Crippen molar-refractivity contribution in [2.45, 2.75) is 6.92 Å². The third-order valence-electron chi connectivity index (χ3n) is 2.36. The molecule has 2 N–H and O–H groups in total. The van der Waals surface area contributed by atoms with Gasteiger partial charge < -0.3 is 10.5 Å². The molecule has 2 rings (SSSR count). The summed E-state index contributed by atoms with van der Waals surface area (Å²) in [6.45, 7) is 1.80. The first-order chi connectivity index (χ1) is 8.56. The first kappa shape index (κ1) is 11.8. The lowest BCUT2D eigenvalue weighted by Gasteiger charge is -2.07. The molecule has 0 saturated carbocycles. The number of hydrogen-bond acceptors (Lipinski definition) is 5. The molecule has 0 atom stereocenters. The summed E-state index contributed by atoms with van der Waals surface area (Å²) >= 11 is 0. The van der Waals surface area contributed by atoms with E-state index in [1.165, 1.54) is 18.3 Å². The van der Waals surface area contributed by atoms with Gasteiger partial charge in [0.2, 0.25) is 5.88 Å². The minimum Gasteiger partial charge on any atom is -0.438 e. The van der Waals surface area contributed by atoms with E-state index in [4.69, 9.17) is 10.5 Å². The fourth-order valence-electron chi connectivity index (χ4n) is 1.41. The maximum absolute atomic E-state index is 10.7. The summed E-state index contributed by atoms with van der Waals surface area (Å²) in [6.07, 6.45) is 1.51. The van der Waals surface area contributed by atoms with Gasteiger partial charge in [-0.3, -0.25) is 10.1 Å². The number of pyridine rings is 1. The van der Waals surface area contributed by atoms with Crippen LogP contribution in [0.1, 0.15) is 5.56 Å². The Morgan fingerprint density at radius 3 is 2.78 bits per heavy atom. The molecule has 1 aromatic heterocycles. The third kappa shape index (κ3) is 2.54. The highest BCUT2D eigenvalue weighted by molar-refractivity contribution is 5.46. The Morgan fingerprint density at radius 1 is 1.33 bits per heavy atom. The van der Waals surface area contributed by atoms with Gasteiger partial charge in [-0.15, -0.1) is 0 Å².